The molecule has 0 bridgehead atoms. The van der Waals surface area contributed by atoms with Gasteiger partial charge in [0, 0.05) is 18.4 Å². The van der Waals surface area contributed by atoms with E-state index in [-0.39, 0.29) is 29.6 Å². The summed E-state index contributed by atoms with van der Waals surface area (Å²) < 4.78 is 6.26. The Labute approximate surface area is 208 Å². The van der Waals surface area contributed by atoms with Gasteiger partial charge in [-0.15, -0.1) is 0 Å². The number of nitrogens with one attached hydrogen (secondary N) is 1. The molecule has 0 aliphatic carbocycles. The van der Waals surface area contributed by atoms with Crippen LogP contribution < -0.4 is 10.2 Å². The molecule has 3 aromatic carbocycles. The average molecular weight is 481 g/mol. The maximum atomic E-state index is 12.7. The molecule has 0 saturated carbocycles. The number of ether oxygens (including phenoxy) is 1. The lowest BCUT2D eigenvalue weighted by Gasteiger charge is -2.28. The van der Waals surface area contributed by atoms with Crippen molar-refractivity contribution in [3.8, 4) is 5.75 Å². The van der Waals surface area contributed by atoms with Gasteiger partial charge < -0.3 is 9.84 Å². The van der Waals surface area contributed by atoms with Gasteiger partial charge in [-0.1, -0.05) is 54.1 Å². The number of rotatable bonds is 7. The number of carbonyl (C=O) groups excluding carboxylic acids is 1. The zero-order valence-electron chi connectivity index (χ0n) is 19.6. The Kier molecular flexibility index (Phi) is 6.40. The van der Waals surface area contributed by atoms with Crippen LogP contribution in [-0.4, -0.2) is 40.8 Å². The summed E-state index contributed by atoms with van der Waals surface area (Å²) in [5, 5.41) is 13.8. The van der Waals surface area contributed by atoms with Crippen LogP contribution in [0.5, 0.6) is 5.75 Å². The van der Waals surface area contributed by atoms with Crippen LogP contribution >= 0.6 is 0 Å². The standard InChI is InChI=1S/C28H24N4O4/c1-17-10-11-25-21(12-17)22(15-26(36-25)19-7-3-2-4-8-19)31-32-28-29-16-23(30-28)24(33)14-18-6-5-9-20(13-18)27(34)35/h2-13,16,26,28,32H,14-15H2,1H3,(H,34,35)/b31-22+. The molecule has 3 aromatic rings. The molecule has 2 atom stereocenters. The Hall–Kier alpha value is -4.59. The summed E-state index contributed by atoms with van der Waals surface area (Å²) in [4.78, 5) is 32.5. The fourth-order valence-corrected chi connectivity index (χ4v) is 4.18. The van der Waals surface area contributed by atoms with Gasteiger partial charge in [0.05, 0.1) is 17.5 Å². The van der Waals surface area contributed by atoms with E-state index in [2.05, 4.69) is 20.5 Å². The average Bonchev–Trinajstić information content (AvgIpc) is 3.37. The number of benzene rings is 3. The first kappa shape index (κ1) is 23.2. The van der Waals surface area contributed by atoms with E-state index in [0.29, 0.717) is 12.0 Å². The van der Waals surface area contributed by atoms with Crippen molar-refractivity contribution in [1.82, 2.24) is 5.43 Å². The molecular weight excluding hydrogens is 456 g/mol. The Balaban J connectivity index is 1.31. The number of aliphatic imine (C=N–C) groups is 2. The molecule has 0 aromatic heterocycles. The number of hydrogen-bond acceptors (Lipinski definition) is 7. The topological polar surface area (TPSA) is 113 Å². The smallest absolute Gasteiger partial charge is 0.335 e. The van der Waals surface area contributed by atoms with Crippen LogP contribution in [-0.2, 0) is 11.2 Å². The molecule has 0 fully saturated rings. The maximum Gasteiger partial charge on any atom is 0.335 e. The van der Waals surface area contributed by atoms with Crippen molar-refractivity contribution in [2.45, 2.75) is 32.2 Å². The van der Waals surface area contributed by atoms with Gasteiger partial charge >= 0.3 is 5.97 Å². The Morgan fingerprint density at radius 2 is 1.92 bits per heavy atom. The molecule has 2 aliphatic rings. The van der Waals surface area contributed by atoms with Crippen LogP contribution in [0, 0.1) is 6.92 Å². The molecule has 5 rings (SSSR count). The Morgan fingerprint density at radius 1 is 1.08 bits per heavy atom. The van der Waals surface area contributed by atoms with Crippen LogP contribution in [0.1, 0.15) is 45.1 Å². The third-order valence-electron chi connectivity index (χ3n) is 6.00. The van der Waals surface area contributed by atoms with Gasteiger partial charge in [-0.3, -0.25) is 10.2 Å². The van der Waals surface area contributed by atoms with Crippen LogP contribution in [0.2, 0.25) is 0 Å². The molecule has 8 nitrogen and oxygen atoms in total. The van der Waals surface area contributed by atoms with E-state index in [4.69, 9.17) is 9.84 Å². The molecule has 36 heavy (non-hydrogen) atoms. The van der Waals surface area contributed by atoms with E-state index in [1.165, 1.54) is 18.3 Å². The summed E-state index contributed by atoms with van der Waals surface area (Å²) in [6.45, 7) is 2.02. The highest BCUT2D eigenvalue weighted by atomic mass is 16.5. The highest BCUT2D eigenvalue weighted by Gasteiger charge is 2.27. The van der Waals surface area contributed by atoms with Crippen molar-refractivity contribution in [3.63, 3.8) is 0 Å². The first-order valence-electron chi connectivity index (χ1n) is 11.6. The van der Waals surface area contributed by atoms with Crippen LogP contribution in [0.3, 0.4) is 0 Å². The quantitative estimate of drug-likeness (QED) is 0.494. The minimum Gasteiger partial charge on any atom is -0.485 e. The monoisotopic (exact) mass is 480 g/mol. The second-order valence-corrected chi connectivity index (χ2v) is 8.68. The number of aryl methyl sites for hydroxylation is 1. The van der Waals surface area contributed by atoms with Crippen molar-refractivity contribution >= 4 is 29.4 Å². The van der Waals surface area contributed by atoms with E-state index < -0.39 is 12.3 Å². The van der Waals surface area contributed by atoms with Gasteiger partial charge in [0.1, 0.15) is 17.6 Å². The number of nitrogens with zero attached hydrogens (tertiary/aromatic N) is 3. The molecule has 0 amide bonds. The zero-order valence-corrected chi connectivity index (χ0v) is 19.6. The molecule has 0 saturated heterocycles. The second-order valence-electron chi connectivity index (χ2n) is 8.68. The molecule has 8 heteroatoms. The lowest BCUT2D eigenvalue weighted by atomic mass is 9.94. The summed E-state index contributed by atoms with van der Waals surface area (Å²) in [5.41, 5.74) is 7.83. The molecule has 0 spiro atoms. The number of Topliss-reactive ketones (excluding diaryl/α,β-unsaturated/α-hetero) is 1. The van der Waals surface area contributed by atoms with Crippen molar-refractivity contribution in [2.24, 2.45) is 15.1 Å². The first-order chi connectivity index (χ1) is 17.5. The van der Waals surface area contributed by atoms with Gasteiger partial charge in [0.2, 0.25) is 6.29 Å². The number of carboxylic acid groups (broad SMARTS) is 1. The summed E-state index contributed by atoms with van der Waals surface area (Å²) in [6.07, 6.45) is 1.15. The molecule has 2 N–H and O–H groups in total. The second kappa shape index (κ2) is 9.95. The lowest BCUT2D eigenvalue weighted by molar-refractivity contribution is -0.112. The van der Waals surface area contributed by atoms with Crippen molar-refractivity contribution in [1.29, 1.82) is 0 Å². The van der Waals surface area contributed by atoms with E-state index in [1.54, 1.807) is 12.1 Å². The van der Waals surface area contributed by atoms with Crippen molar-refractivity contribution in [2.75, 3.05) is 0 Å². The maximum absolute atomic E-state index is 12.7. The number of carbonyl (C=O) groups is 2. The number of carboxylic acids is 1. The van der Waals surface area contributed by atoms with Crippen LogP contribution in [0.4, 0.5) is 0 Å². The third-order valence-corrected chi connectivity index (χ3v) is 6.00. The highest BCUT2D eigenvalue weighted by Crippen LogP contribution is 2.35. The van der Waals surface area contributed by atoms with E-state index in [1.807, 2.05) is 55.5 Å². The molecule has 2 heterocycles. The van der Waals surface area contributed by atoms with Crippen LogP contribution in [0.25, 0.3) is 0 Å². The van der Waals surface area contributed by atoms with Gasteiger partial charge in [-0.25, -0.2) is 14.8 Å². The Morgan fingerprint density at radius 3 is 2.72 bits per heavy atom. The predicted octanol–water partition coefficient (Wildman–Crippen LogP) is 4.13. The number of fused-ring (bicyclic) bond motifs is 1. The first-order valence-corrected chi connectivity index (χ1v) is 11.6. The van der Waals surface area contributed by atoms with E-state index in [9.17, 15) is 9.59 Å². The van der Waals surface area contributed by atoms with E-state index in [0.717, 1.165) is 28.2 Å². The summed E-state index contributed by atoms with van der Waals surface area (Å²) in [6, 6.07) is 22.3. The number of hydrogen-bond donors (Lipinski definition) is 2. The minimum absolute atomic E-state index is 0.0377. The van der Waals surface area contributed by atoms with Gasteiger partial charge in [0.15, 0.2) is 5.78 Å². The van der Waals surface area contributed by atoms with Gasteiger partial charge in [-0.2, -0.15) is 5.10 Å². The normalized spacial score (nSPS) is 19.4. The van der Waals surface area contributed by atoms with Gasteiger partial charge in [-0.05, 0) is 42.3 Å². The fourth-order valence-electron chi connectivity index (χ4n) is 4.18. The summed E-state index contributed by atoms with van der Waals surface area (Å²) >= 11 is 0. The van der Waals surface area contributed by atoms with Crippen LogP contribution in [0.15, 0.2) is 87.9 Å². The van der Waals surface area contributed by atoms with E-state index >= 15 is 0 Å². The largest absolute Gasteiger partial charge is 0.485 e. The minimum atomic E-state index is -1.04. The molecule has 2 aliphatic heterocycles. The third kappa shape index (κ3) is 5.07. The highest BCUT2D eigenvalue weighted by molar-refractivity contribution is 6.62. The molecule has 180 valence electrons. The molecular formula is C28H24N4O4. The fraction of sp³-hybridized carbons (Fsp3) is 0.179. The number of ketones is 1. The number of aromatic carboxylic acids is 1. The van der Waals surface area contributed by atoms with Gasteiger partial charge in [0.25, 0.3) is 0 Å². The molecule has 0 radical (unpaired) electrons. The predicted molar refractivity (Wildman–Crippen MR) is 137 cm³/mol. The van der Waals surface area contributed by atoms with Crippen molar-refractivity contribution < 1.29 is 19.4 Å². The Bertz CT molecular complexity index is 1410. The molecule has 2 unspecified atom stereocenters. The van der Waals surface area contributed by atoms with Crippen molar-refractivity contribution in [3.05, 3.63) is 101 Å². The zero-order chi connectivity index (χ0) is 25.1. The SMILES string of the molecule is Cc1ccc2c(c1)/C(=N/NC1N=CC(C(=O)Cc3cccc(C(=O)O)c3)=N1)CC(c1ccccc1)O2. The number of hydrazone groups is 1. The lowest BCUT2D eigenvalue weighted by Crippen LogP contribution is -2.26. The summed E-state index contributed by atoms with van der Waals surface area (Å²) in [5.74, 6) is -0.514. The summed E-state index contributed by atoms with van der Waals surface area (Å²) in [7, 11) is 0.